The van der Waals surface area contributed by atoms with Gasteiger partial charge in [0.1, 0.15) is 5.75 Å². The second-order valence-corrected chi connectivity index (χ2v) is 9.03. The molecule has 2 heterocycles. The van der Waals surface area contributed by atoms with Crippen molar-refractivity contribution in [1.29, 1.82) is 0 Å². The van der Waals surface area contributed by atoms with Gasteiger partial charge in [0.25, 0.3) is 0 Å². The second kappa shape index (κ2) is 6.09. The standard InChI is InChI=1S/C24H25N3O3/c25-22-16-9-15(23(28)29)10-19-21(16)17(7-8-30-19)24(22,26)20-11-14-3-1-2-4-18(14)27(20)12-13-5-6-13/h1-4,9-11,13,17,22H,5-8,12,25-26H2,(H,28,29)/t17?,22?,24-/m1/s1. The molecule has 0 radical (unpaired) electrons. The van der Waals surface area contributed by atoms with Crippen molar-refractivity contribution in [2.75, 3.05) is 6.61 Å². The minimum Gasteiger partial charge on any atom is -0.493 e. The van der Waals surface area contributed by atoms with Crippen molar-refractivity contribution in [2.24, 2.45) is 17.4 Å². The lowest BCUT2D eigenvalue weighted by atomic mass is 9.77. The smallest absolute Gasteiger partial charge is 0.335 e. The molecular weight excluding hydrogens is 378 g/mol. The summed E-state index contributed by atoms with van der Waals surface area (Å²) >= 11 is 0. The highest BCUT2D eigenvalue weighted by molar-refractivity contribution is 5.89. The molecule has 2 aromatic carbocycles. The number of para-hydroxylation sites is 1. The van der Waals surface area contributed by atoms with Crippen molar-refractivity contribution in [3.8, 4) is 5.75 Å². The van der Waals surface area contributed by atoms with Crippen molar-refractivity contribution < 1.29 is 14.6 Å². The molecule has 1 aromatic heterocycles. The zero-order chi connectivity index (χ0) is 20.6. The van der Waals surface area contributed by atoms with E-state index in [1.54, 1.807) is 12.1 Å². The molecule has 2 aliphatic carbocycles. The van der Waals surface area contributed by atoms with Crippen LogP contribution in [0.5, 0.6) is 5.75 Å². The largest absolute Gasteiger partial charge is 0.493 e. The number of carboxylic acids is 1. The number of hydrogen-bond donors (Lipinski definition) is 3. The maximum absolute atomic E-state index is 11.7. The average Bonchev–Trinajstić information content (AvgIpc) is 3.46. The molecule has 1 fully saturated rings. The van der Waals surface area contributed by atoms with Crippen LogP contribution in [0.25, 0.3) is 10.9 Å². The summed E-state index contributed by atoms with van der Waals surface area (Å²) in [4.78, 5) is 11.7. The molecule has 3 atom stereocenters. The highest BCUT2D eigenvalue weighted by Crippen LogP contribution is 2.58. The zero-order valence-electron chi connectivity index (χ0n) is 16.7. The third kappa shape index (κ3) is 2.35. The minimum absolute atomic E-state index is 0.00337. The van der Waals surface area contributed by atoms with E-state index in [4.69, 9.17) is 16.2 Å². The van der Waals surface area contributed by atoms with Crippen molar-refractivity contribution in [1.82, 2.24) is 4.57 Å². The molecule has 3 aromatic rings. The molecule has 5 N–H and O–H groups in total. The summed E-state index contributed by atoms with van der Waals surface area (Å²) < 4.78 is 8.23. The molecule has 154 valence electrons. The highest BCUT2D eigenvalue weighted by Gasteiger charge is 2.54. The Bertz CT molecular complexity index is 1200. The lowest BCUT2D eigenvalue weighted by molar-refractivity contribution is 0.0696. The fraction of sp³-hybridized carbons (Fsp3) is 0.375. The van der Waals surface area contributed by atoms with E-state index in [2.05, 4.69) is 28.8 Å². The predicted molar refractivity (Wildman–Crippen MR) is 114 cm³/mol. The van der Waals surface area contributed by atoms with Crippen LogP contribution >= 0.6 is 0 Å². The number of ether oxygens (including phenoxy) is 1. The molecule has 0 spiro atoms. The van der Waals surface area contributed by atoms with E-state index >= 15 is 0 Å². The van der Waals surface area contributed by atoms with E-state index in [9.17, 15) is 9.90 Å². The summed E-state index contributed by atoms with van der Waals surface area (Å²) in [5, 5.41) is 10.7. The summed E-state index contributed by atoms with van der Waals surface area (Å²) in [5.41, 5.74) is 17.5. The van der Waals surface area contributed by atoms with Gasteiger partial charge >= 0.3 is 5.97 Å². The first kappa shape index (κ1) is 18.0. The van der Waals surface area contributed by atoms with E-state index in [0.717, 1.165) is 29.8 Å². The van der Waals surface area contributed by atoms with Crippen LogP contribution in [0.2, 0.25) is 0 Å². The number of carbonyl (C=O) groups is 1. The molecule has 0 bridgehead atoms. The van der Waals surface area contributed by atoms with Crippen LogP contribution in [-0.4, -0.2) is 22.2 Å². The Labute approximate surface area is 174 Å². The number of fused-ring (bicyclic) bond motifs is 1. The first-order valence-corrected chi connectivity index (χ1v) is 10.7. The SMILES string of the molecule is NC1c2cc(C(=O)O)cc3c2C(CCO3)[C@@]1(N)c1cc2ccccc2n1CC1CC1. The fourth-order valence-corrected chi connectivity index (χ4v) is 5.57. The van der Waals surface area contributed by atoms with Gasteiger partial charge in [0.15, 0.2) is 0 Å². The molecule has 0 amide bonds. The van der Waals surface area contributed by atoms with Crippen LogP contribution in [0, 0.1) is 5.92 Å². The fourth-order valence-electron chi connectivity index (χ4n) is 5.57. The molecule has 6 rings (SSSR count). The van der Waals surface area contributed by atoms with Crippen molar-refractivity contribution in [3.05, 3.63) is 64.8 Å². The van der Waals surface area contributed by atoms with E-state index in [1.807, 2.05) is 6.07 Å². The Morgan fingerprint density at radius 3 is 2.77 bits per heavy atom. The van der Waals surface area contributed by atoms with Crippen LogP contribution in [0.3, 0.4) is 0 Å². The predicted octanol–water partition coefficient (Wildman–Crippen LogP) is 3.48. The molecule has 30 heavy (non-hydrogen) atoms. The second-order valence-electron chi connectivity index (χ2n) is 9.03. The van der Waals surface area contributed by atoms with Crippen LogP contribution in [0.1, 0.15) is 58.4 Å². The van der Waals surface area contributed by atoms with Gasteiger partial charge in [-0.05, 0) is 60.4 Å². The minimum atomic E-state index is -0.982. The van der Waals surface area contributed by atoms with E-state index < -0.39 is 17.6 Å². The Balaban J connectivity index is 1.58. The highest BCUT2D eigenvalue weighted by atomic mass is 16.5. The molecule has 1 saturated carbocycles. The van der Waals surface area contributed by atoms with Gasteiger partial charge in [-0.25, -0.2) is 4.79 Å². The number of rotatable bonds is 4. The normalized spacial score (nSPS) is 27.1. The van der Waals surface area contributed by atoms with Crippen LogP contribution < -0.4 is 16.2 Å². The lowest BCUT2D eigenvalue weighted by Gasteiger charge is -2.38. The van der Waals surface area contributed by atoms with Gasteiger partial charge in [0, 0.05) is 29.2 Å². The Kier molecular flexibility index (Phi) is 3.65. The summed E-state index contributed by atoms with van der Waals surface area (Å²) in [6.45, 7) is 1.45. The average molecular weight is 403 g/mol. The third-order valence-corrected chi connectivity index (χ3v) is 7.25. The molecule has 6 heteroatoms. The Morgan fingerprint density at radius 1 is 1.20 bits per heavy atom. The molecule has 3 aliphatic rings. The van der Waals surface area contributed by atoms with E-state index in [1.165, 1.54) is 23.7 Å². The number of carboxylic acid groups (broad SMARTS) is 1. The monoisotopic (exact) mass is 403 g/mol. The molecular formula is C24H25N3O3. The summed E-state index contributed by atoms with van der Waals surface area (Å²) in [6.07, 6.45) is 3.26. The molecule has 1 aliphatic heterocycles. The van der Waals surface area contributed by atoms with Gasteiger partial charge < -0.3 is 25.9 Å². The van der Waals surface area contributed by atoms with E-state index in [0.29, 0.717) is 18.3 Å². The van der Waals surface area contributed by atoms with Gasteiger partial charge in [0.05, 0.1) is 23.8 Å². The van der Waals surface area contributed by atoms with Crippen LogP contribution in [-0.2, 0) is 12.1 Å². The van der Waals surface area contributed by atoms with E-state index in [-0.39, 0.29) is 11.5 Å². The summed E-state index contributed by atoms with van der Waals surface area (Å²) in [5.74, 6) is 0.321. The number of nitrogens with two attached hydrogens (primary N) is 2. The van der Waals surface area contributed by atoms with Gasteiger partial charge in [-0.15, -0.1) is 0 Å². The van der Waals surface area contributed by atoms with Crippen LogP contribution in [0.15, 0.2) is 42.5 Å². The number of nitrogens with zero attached hydrogens (tertiary/aromatic N) is 1. The molecule has 2 unspecified atom stereocenters. The third-order valence-electron chi connectivity index (χ3n) is 7.25. The number of hydrogen-bond acceptors (Lipinski definition) is 4. The van der Waals surface area contributed by atoms with Gasteiger partial charge in [0.2, 0.25) is 0 Å². The van der Waals surface area contributed by atoms with Crippen molar-refractivity contribution in [3.63, 3.8) is 0 Å². The lowest BCUT2D eigenvalue weighted by Crippen LogP contribution is -2.49. The Hall–Kier alpha value is -2.83. The Morgan fingerprint density at radius 2 is 2.00 bits per heavy atom. The van der Waals surface area contributed by atoms with Gasteiger partial charge in [-0.2, -0.15) is 0 Å². The quantitative estimate of drug-likeness (QED) is 0.619. The summed E-state index contributed by atoms with van der Waals surface area (Å²) in [6, 6.07) is 13.4. The molecule has 0 saturated heterocycles. The van der Waals surface area contributed by atoms with Crippen molar-refractivity contribution >= 4 is 16.9 Å². The van der Waals surface area contributed by atoms with Gasteiger partial charge in [-0.1, -0.05) is 18.2 Å². The van der Waals surface area contributed by atoms with Gasteiger partial charge in [-0.3, -0.25) is 0 Å². The topological polar surface area (TPSA) is 104 Å². The number of aromatic carboxylic acids is 1. The maximum Gasteiger partial charge on any atom is 0.335 e. The maximum atomic E-state index is 11.7. The summed E-state index contributed by atoms with van der Waals surface area (Å²) in [7, 11) is 0. The number of benzene rings is 2. The molecule has 6 nitrogen and oxygen atoms in total. The number of aromatic nitrogens is 1. The zero-order valence-corrected chi connectivity index (χ0v) is 16.7. The first-order valence-electron chi connectivity index (χ1n) is 10.7. The first-order chi connectivity index (χ1) is 14.5. The van der Waals surface area contributed by atoms with Crippen LogP contribution in [0.4, 0.5) is 0 Å². The van der Waals surface area contributed by atoms with Crippen molar-refractivity contribution in [2.45, 2.75) is 43.3 Å².